The molecule has 0 saturated carbocycles. The molecule has 1 aromatic carbocycles. The molecule has 1 aromatic heterocycles. The van der Waals surface area contributed by atoms with Gasteiger partial charge in [-0.1, -0.05) is 32.1 Å². The number of hydrogen-bond acceptors (Lipinski definition) is 7. The van der Waals surface area contributed by atoms with E-state index in [1.54, 1.807) is 0 Å². The van der Waals surface area contributed by atoms with E-state index in [4.69, 9.17) is 9.57 Å². The zero-order valence-corrected chi connectivity index (χ0v) is 21.7. The molecule has 3 rings (SSSR count). The smallest absolute Gasteiger partial charge is 0.407 e. The van der Waals surface area contributed by atoms with Gasteiger partial charge < -0.3 is 9.57 Å². The van der Waals surface area contributed by atoms with Crippen molar-refractivity contribution in [1.82, 2.24) is 15.7 Å². The first-order valence-corrected chi connectivity index (χ1v) is 12.4. The molecule has 0 spiro atoms. The third kappa shape index (κ3) is 7.37. The molecule has 2 heterocycles. The number of ether oxygens (including phenoxy) is 1. The molecular weight excluding hydrogens is 481 g/mol. The molecule has 7 nitrogen and oxygen atoms in total. The van der Waals surface area contributed by atoms with Crippen LogP contribution >= 0.6 is 11.3 Å². The maximum Gasteiger partial charge on any atom is 0.416 e. The van der Waals surface area contributed by atoms with Crippen molar-refractivity contribution >= 4 is 22.4 Å². The predicted octanol–water partition coefficient (Wildman–Crippen LogP) is 6.19. The van der Waals surface area contributed by atoms with Crippen LogP contribution in [-0.2, 0) is 10.9 Å². The Morgan fingerprint density at radius 3 is 2.43 bits per heavy atom. The molecule has 2 N–H and O–H groups in total. The van der Waals surface area contributed by atoms with Crippen molar-refractivity contribution in [3.63, 3.8) is 0 Å². The molecule has 1 saturated heterocycles. The molecule has 2 unspecified atom stereocenters. The van der Waals surface area contributed by atoms with Crippen LogP contribution in [0.3, 0.4) is 0 Å². The lowest BCUT2D eigenvalue weighted by Crippen LogP contribution is -2.38. The zero-order chi connectivity index (χ0) is 26.0. The van der Waals surface area contributed by atoms with E-state index in [1.807, 2.05) is 20.8 Å². The maximum atomic E-state index is 13.3. The number of hydroxylamine groups is 1. The number of halogens is 3. The van der Waals surface area contributed by atoms with E-state index < -0.39 is 23.2 Å². The number of hydrogen-bond donors (Lipinski definition) is 2. The lowest BCUT2D eigenvalue weighted by atomic mass is 9.76. The summed E-state index contributed by atoms with van der Waals surface area (Å²) in [6, 6.07) is 2.76. The number of benzene rings is 1. The van der Waals surface area contributed by atoms with E-state index in [9.17, 15) is 18.0 Å². The number of carbonyl (C=O) groups excluding carboxylic acids is 1. The summed E-state index contributed by atoms with van der Waals surface area (Å²) in [4.78, 5) is 18.5. The topological polar surface area (TPSA) is 85.4 Å². The van der Waals surface area contributed by atoms with Gasteiger partial charge >= 0.3 is 6.18 Å². The number of anilines is 1. The summed E-state index contributed by atoms with van der Waals surface area (Å²) in [5.74, 6) is -0.835. The average molecular weight is 515 g/mol. The van der Waals surface area contributed by atoms with E-state index in [0.717, 1.165) is 42.5 Å². The molecule has 0 bridgehead atoms. The van der Waals surface area contributed by atoms with E-state index in [1.165, 1.54) is 11.3 Å². The molecule has 0 aliphatic carbocycles. The Kier molecular flexibility index (Phi) is 8.12. The molecular formula is C24H33F3N4O3S. The zero-order valence-electron chi connectivity index (χ0n) is 20.9. The molecule has 0 radical (unpaired) electrons. The standard InChI is InChI=1S/C24H33F3N4O3S/c1-22(2,3)18(17-9-7-8-12-33-17)20-29-30-21(35-20)28-19(32)15-13-14(24(25,26)27)10-11-16(15)34-31-23(4,5)6/h10-11,13,17-18,31H,7-9,12H2,1-6H3,(H,28,30,32). The minimum Gasteiger partial charge on any atom is -0.407 e. The highest BCUT2D eigenvalue weighted by molar-refractivity contribution is 7.15. The van der Waals surface area contributed by atoms with Crippen molar-refractivity contribution < 1.29 is 27.5 Å². The highest BCUT2D eigenvalue weighted by Gasteiger charge is 2.38. The minimum atomic E-state index is -4.61. The fourth-order valence-corrected chi connectivity index (χ4v) is 5.01. The quantitative estimate of drug-likeness (QED) is 0.447. The van der Waals surface area contributed by atoms with E-state index in [-0.39, 0.29) is 33.9 Å². The van der Waals surface area contributed by atoms with Crippen LogP contribution in [0.5, 0.6) is 5.75 Å². The van der Waals surface area contributed by atoms with Crippen molar-refractivity contribution in [2.45, 2.75) is 84.5 Å². The number of aromatic nitrogens is 2. The van der Waals surface area contributed by atoms with E-state index in [2.05, 4.69) is 41.8 Å². The van der Waals surface area contributed by atoms with Crippen LogP contribution in [0.25, 0.3) is 0 Å². The third-order valence-corrected chi connectivity index (χ3v) is 6.39. The Labute approximate surface area is 207 Å². The van der Waals surface area contributed by atoms with Crippen LogP contribution in [0.15, 0.2) is 18.2 Å². The normalized spacial score (nSPS) is 18.3. The summed E-state index contributed by atoms with van der Waals surface area (Å²) in [6.45, 7) is 12.5. The fourth-order valence-electron chi connectivity index (χ4n) is 3.87. The van der Waals surface area contributed by atoms with Crippen LogP contribution < -0.4 is 15.6 Å². The molecule has 1 fully saturated rings. The second-order valence-electron chi connectivity index (χ2n) is 10.8. The van der Waals surface area contributed by atoms with Crippen LogP contribution in [0.4, 0.5) is 18.3 Å². The fraction of sp³-hybridized carbons (Fsp3) is 0.625. The third-order valence-electron chi connectivity index (χ3n) is 5.47. The summed E-state index contributed by atoms with van der Waals surface area (Å²) in [7, 11) is 0. The van der Waals surface area contributed by atoms with Crippen molar-refractivity contribution in [2.75, 3.05) is 11.9 Å². The van der Waals surface area contributed by atoms with Crippen molar-refractivity contribution in [2.24, 2.45) is 5.41 Å². The molecule has 11 heteroatoms. The van der Waals surface area contributed by atoms with Gasteiger partial charge in [0, 0.05) is 18.1 Å². The predicted molar refractivity (Wildman–Crippen MR) is 129 cm³/mol. The molecule has 1 aliphatic rings. The first-order chi connectivity index (χ1) is 16.1. The summed E-state index contributed by atoms with van der Waals surface area (Å²) in [5.41, 5.74) is 0.851. The molecule has 35 heavy (non-hydrogen) atoms. The van der Waals surface area contributed by atoms with E-state index in [0.29, 0.717) is 6.61 Å². The lowest BCUT2D eigenvalue weighted by Gasteiger charge is -2.37. The van der Waals surface area contributed by atoms with Gasteiger partial charge in [0.25, 0.3) is 5.91 Å². The first kappa shape index (κ1) is 27.3. The van der Waals surface area contributed by atoms with Crippen LogP contribution in [0.1, 0.15) is 87.7 Å². The van der Waals surface area contributed by atoms with Gasteiger partial charge in [-0.05, 0) is 63.6 Å². The number of carbonyl (C=O) groups is 1. The Morgan fingerprint density at radius 2 is 1.86 bits per heavy atom. The van der Waals surface area contributed by atoms with E-state index >= 15 is 0 Å². The Bertz CT molecular complexity index is 1020. The van der Waals surface area contributed by atoms with Gasteiger partial charge in [0.15, 0.2) is 5.75 Å². The van der Waals surface area contributed by atoms with Crippen molar-refractivity contribution in [1.29, 1.82) is 0 Å². The molecule has 1 aliphatic heterocycles. The Morgan fingerprint density at radius 1 is 1.14 bits per heavy atom. The largest absolute Gasteiger partial charge is 0.416 e. The van der Waals surface area contributed by atoms with Gasteiger partial charge in [0.2, 0.25) is 5.13 Å². The van der Waals surface area contributed by atoms with Crippen LogP contribution in [0.2, 0.25) is 0 Å². The SMILES string of the molecule is CC(C)(C)NOc1ccc(C(F)(F)F)cc1C(=O)Nc1nnc(C(C2CCCCO2)C(C)(C)C)s1. The summed E-state index contributed by atoms with van der Waals surface area (Å²) in [6.07, 6.45) is -1.61. The van der Waals surface area contributed by atoms with Crippen LogP contribution in [0, 0.1) is 5.41 Å². The maximum absolute atomic E-state index is 13.3. The average Bonchev–Trinajstić information content (AvgIpc) is 3.18. The number of amides is 1. The van der Waals surface area contributed by atoms with Crippen molar-refractivity contribution in [3.8, 4) is 5.75 Å². The van der Waals surface area contributed by atoms with Gasteiger partial charge in [0.05, 0.1) is 17.2 Å². The summed E-state index contributed by atoms with van der Waals surface area (Å²) >= 11 is 1.20. The Hall–Kier alpha value is -2.24. The van der Waals surface area contributed by atoms with Crippen LogP contribution in [-0.4, -0.2) is 34.4 Å². The monoisotopic (exact) mass is 514 g/mol. The number of nitrogens with one attached hydrogen (secondary N) is 2. The summed E-state index contributed by atoms with van der Waals surface area (Å²) < 4.78 is 46.0. The molecule has 2 atom stereocenters. The molecule has 2 aromatic rings. The van der Waals surface area contributed by atoms with Gasteiger partial charge in [-0.15, -0.1) is 10.2 Å². The van der Waals surface area contributed by atoms with Gasteiger partial charge in [-0.2, -0.15) is 18.7 Å². The first-order valence-electron chi connectivity index (χ1n) is 11.6. The second-order valence-corrected chi connectivity index (χ2v) is 11.8. The van der Waals surface area contributed by atoms with Gasteiger partial charge in [-0.3, -0.25) is 10.1 Å². The molecule has 1 amide bonds. The number of rotatable bonds is 6. The highest BCUT2D eigenvalue weighted by atomic mass is 32.1. The Balaban J connectivity index is 1.86. The number of nitrogens with zero attached hydrogens (tertiary/aromatic N) is 2. The summed E-state index contributed by atoms with van der Waals surface area (Å²) in [5, 5.41) is 11.9. The lowest BCUT2D eigenvalue weighted by molar-refractivity contribution is -0.137. The minimum absolute atomic E-state index is 0.00723. The molecule has 194 valence electrons. The number of alkyl halides is 3. The second kappa shape index (κ2) is 10.4. The highest BCUT2D eigenvalue weighted by Crippen LogP contribution is 2.43. The van der Waals surface area contributed by atoms with Gasteiger partial charge in [0.1, 0.15) is 5.01 Å². The van der Waals surface area contributed by atoms with Gasteiger partial charge in [-0.25, -0.2) is 0 Å². The van der Waals surface area contributed by atoms with Crippen molar-refractivity contribution in [3.05, 3.63) is 34.3 Å².